The molecule has 0 saturated heterocycles. The van der Waals surface area contributed by atoms with Crippen molar-refractivity contribution in [3.8, 4) is 5.75 Å². The number of rotatable bonds is 6. The Hall–Kier alpha value is -2.49. The fourth-order valence-corrected chi connectivity index (χ4v) is 2.50. The summed E-state index contributed by atoms with van der Waals surface area (Å²) in [5.74, 6) is 1.12. The highest BCUT2D eigenvalue weighted by Crippen LogP contribution is 2.24. The smallest absolute Gasteiger partial charge is 0.319 e. The second-order valence-electron chi connectivity index (χ2n) is 5.89. The third kappa shape index (κ3) is 5.02. The SMILES string of the molecule is COc1ccccc1NC(=O)N[C@@H](CC(C)C)c1ccccc1. The molecule has 2 aromatic carbocycles. The number of ether oxygens (including phenoxy) is 1. The Labute approximate surface area is 137 Å². The molecule has 0 aliphatic rings. The van der Waals surface area contributed by atoms with E-state index in [1.807, 2.05) is 54.6 Å². The van der Waals surface area contributed by atoms with Gasteiger partial charge in [0.2, 0.25) is 0 Å². The standard InChI is InChI=1S/C19H24N2O2/c1-14(2)13-17(15-9-5-4-6-10-15)21-19(22)20-16-11-7-8-12-18(16)23-3/h4-12,14,17H,13H2,1-3H3,(H2,20,21,22)/t17-/m0/s1. The Balaban J connectivity index is 2.08. The van der Waals surface area contributed by atoms with Crippen molar-refractivity contribution < 1.29 is 9.53 Å². The Bertz CT molecular complexity index is 626. The van der Waals surface area contributed by atoms with E-state index in [1.54, 1.807) is 7.11 Å². The minimum Gasteiger partial charge on any atom is -0.495 e. The molecule has 0 heterocycles. The number of carbonyl (C=O) groups excluding carboxylic acids is 1. The Morgan fingerprint density at radius 1 is 1.04 bits per heavy atom. The number of anilines is 1. The molecule has 4 heteroatoms. The van der Waals surface area contributed by atoms with Crippen LogP contribution in [0.2, 0.25) is 0 Å². The van der Waals surface area contributed by atoms with Crippen LogP contribution >= 0.6 is 0 Å². The molecule has 0 saturated carbocycles. The molecule has 0 radical (unpaired) electrons. The van der Waals surface area contributed by atoms with Crippen molar-refractivity contribution in [2.24, 2.45) is 5.92 Å². The second-order valence-corrected chi connectivity index (χ2v) is 5.89. The van der Waals surface area contributed by atoms with Gasteiger partial charge in [0.15, 0.2) is 0 Å². The summed E-state index contributed by atoms with van der Waals surface area (Å²) in [6.07, 6.45) is 0.878. The van der Waals surface area contributed by atoms with E-state index >= 15 is 0 Å². The van der Waals surface area contributed by atoms with Gasteiger partial charge < -0.3 is 15.4 Å². The van der Waals surface area contributed by atoms with Gasteiger partial charge in [-0.15, -0.1) is 0 Å². The predicted molar refractivity (Wildman–Crippen MR) is 93.8 cm³/mol. The molecule has 4 nitrogen and oxygen atoms in total. The molecule has 0 aliphatic heterocycles. The van der Waals surface area contributed by atoms with Gasteiger partial charge in [-0.25, -0.2) is 4.79 Å². The lowest BCUT2D eigenvalue weighted by Crippen LogP contribution is -2.33. The van der Waals surface area contributed by atoms with Gasteiger partial charge in [0.05, 0.1) is 18.8 Å². The summed E-state index contributed by atoms with van der Waals surface area (Å²) in [4.78, 5) is 12.4. The Morgan fingerprint density at radius 2 is 1.70 bits per heavy atom. The monoisotopic (exact) mass is 312 g/mol. The number of benzene rings is 2. The summed E-state index contributed by atoms with van der Waals surface area (Å²) in [5.41, 5.74) is 1.76. The fourth-order valence-electron chi connectivity index (χ4n) is 2.50. The molecular weight excluding hydrogens is 288 g/mol. The van der Waals surface area contributed by atoms with Gasteiger partial charge in [-0.3, -0.25) is 0 Å². The van der Waals surface area contributed by atoms with Gasteiger partial charge in [-0.2, -0.15) is 0 Å². The van der Waals surface area contributed by atoms with Crippen molar-refractivity contribution in [3.05, 3.63) is 60.2 Å². The Morgan fingerprint density at radius 3 is 2.35 bits per heavy atom. The van der Waals surface area contributed by atoms with E-state index in [2.05, 4.69) is 24.5 Å². The number of para-hydroxylation sites is 2. The highest BCUT2D eigenvalue weighted by molar-refractivity contribution is 5.91. The van der Waals surface area contributed by atoms with E-state index in [-0.39, 0.29) is 12.1 Å². The minimum absolute atomic E-state index is 0.0223. The Kier molecular flexibility index (Phi) is 6.03. The summed E-state index contributed by atoms with van der Waals surface area (Å²) in [6, 6.07) is 17.1. The molecule has 0 aliphatic carbocycles. The quantitative estimate of drug-likeness (QED) is 0.818. The fraction of sp³-hybridized carbons (Fsp3) is 0.316. The molecule has 0 bridgehead atoms. The van der Waals surface area contributed by atoms with Gasteiger partial charge in [0.25, 0.3) is 0 Å². The van der Waals surface area contributed by atoms with E-state index in [0.29, 0.717) is 17.4 Å². The topological polar surface area (TPSA) is 50.4 Å². The van der Waals surface area contributed by atoms with Crippen LogP contribution in [0.5, 0.6) is 5.75 Å². The first-order valence-corrected chi connectivity index (χ1v) is 7.85. The van der Waals surface area contributed by atoms with Crippen molar-refractivity contribution in [1.82, 2.24) is 5.32 Å². The molecular formula is C19H24N2O2. The first-order chi connectivity index (χ1) is 11.1. The second kappa shape index (κ2) is 8.22. The summed E-state index contributed by atoms with van der Waals surface area (Å²) >= 11 is 0. The molecule has 2 N–H and O–H groups in total. The normalized spacial score (nSPS) is 11.8. The summed E-state index contributed by atoms with van der Waals surface area (Å²) in [5, 5.41) is 5.92. The minimum atomic E-state index is -0.232. The molecule has 23 heavy (non-hydrogen) atoms. The maximum atomic E-state index is 12.4. The van der Waals surface area contributed by atoms with E-state index in [1.165, 1.54) is 0 Å². The zero-order chi connectivity index (χ0) is 16.7. The van der Waals surface area contributed by atoms with Gasteiger partial charge in [-0.1, -0.05) is 56.3 Å². The number of amides is 2. The van der Waals surface area contributed by atoms with Crippen LogP contribution in [-0.2, 0) is 0 Å². The lowest BCUT2D eigenvalue weighted by Gasteiger charge is -2.21. The van der Waals surface area contributed by atoms with E-state index in [0.717, 1.165) is 12.0 Å². The maximum absolute atomic E-state index is 12.4. The molecule has 0 fully saturated rings. The molecule has 0 spiro atoms. The molecule has 2 aromatic rings. The average Bonchev–Trinajstić information content (AvgIpc) is 2.55. The first kappa shape index (κ1) is 16.9. The van der Waals surface area contributed by atoms with Crippen LogP contribution in [-0.4, -0.2) is 13.1 Å². The van der Waals surface area contributed by atoms with E-state index < -0.39 is 0 Å². The molecule has 122 valence electrons. The third-order valence-electron chi connectivity index (χ3n) is 3.57. The first-order valence-electron chi connectivity index (χ1n) is 7.85. The van der Waals surface area contributed by atoms with Crippen LogP contribution in [0.4, 0.5) is 10.5 Å². The van der Waals surface area contributed by atoms with Crippen LogP contribution < -0.4 is 15.4 Å². The number of carbonyl (C=O) groups is 1. The largest absolute Gasteiger partial charge is 0.495 e. The van der Waals surface area contributed by atoms with Crippen molar-refractivity contribution in [2.75, 3.05) is 12.4 Å². The maximum Gasteiger partial charge on any atom is 0.319 e. The van der Waals surface area contributed by atoms with Crippen LogP contribution in [0, 0.1) is 5.92 Å². The molecule has 2 amide bonds. The van der Waals surface area contributed by atoms with Crippen LogP contribution in [0.15, 0.2) is 54.6 Å². The van der Waals surface area contributed by atoms with Gasteiger partial charge in [0.1, 0.15) is 5.75 Å². The number of nitrogens with one attached hydrogen (secondary N) is 2. The number of urea groups is 1. The van der Waals surface area contributed by atoms with Crippen LogP contribution in [0.3, 0.4) is 0 Å². The molecule has 2 rings (SSSR count). The van der Waals surface area contributed by atoms with Gasteiger partial charge in [-0.05, 0) is 30.0 Å². The van der Waals surface area contributed by atoms with Crippen molar-refractivity contribution in [1.29, 1.82) is 0 Å². The van der Waals surface area contributed by atoms with Gasteiger partial charge in [0, 0.05) is 0 Å². The molecule has 0 aromatic heterocycles. The zero-order valence-corrected chi connectivity index (χ0v) is 13.9. The average molecular weight is 312 g/mol. The van der Waals surface area contributed by atoms with E-state index in [4.69, 9.17) is 4.74 Å². The summed E-state index contributed by atoms with van der Waals surface area (Å²) < 4.78 is 5.26. The summed E-state index contributed by atoms with van der Waals surface area (Å²) in [7, 11) is 1.59. The highest BCUT2D eigenvalue weighted by atomic mass is 16.5. The van der Waals surface area contributed by atoms with Crippen LogP contribution in [0.1, 0.15) is 31.9 Å². The molecule has 1 atom stereocenters. The number of hydrogen-bond acceptors (Lipinski definition) is 2. The van der Waals surface area contributed by atoms with E-state index in [9.17, 15) is 4.79 Å². The number of hydrogen-bond donors (Lipinski definition) is 2. The van der Waals surface area contributed by atoms with Gasteiger partial charge >= 0.3 is 6.03 Å². The number of methoxy groups -OCH3 is 1. The van der Waals surface area contributed by atoms with Crippen molar-refractivity contribution in [3.63, 3.8) is 0 Å². The van der Waals surface area contributed by atoms with Crippen molar-refractivity contribution >= 4 is 11.7 Å². The lowest BCUT2D eigenvalue weighted by atomic mass is 9.97. The van der Waals surface area contributed by atoms with Crippen molar-refractivity contribution in [2.45, 2.75) is 26.3 Å². The van der Waals surface area contributed by atoms with Crippen LogP contribution in [0.25, 0.3) is 0 Å². The third-order valence-corrected chi connectivity index (χ3v) is 3.57. The lowest BCUT2D eigenvalue weighted by molar-refractivity contribution is 0.246. The zero-order valence-electron chi connectivity index (χ0n) is 13.9. The molecule has 0 unspecified atom stereocenters. The summed E-state index contributed by atoms with van der Waals surface area (Å²) in [6.45, 7) is 4.30. The highest BCUT2D eigenvalue weighted by Gasteiger charge is 2.16. The predicted octanol–water partition coefficient (Wildman–Crippen LogP) is 4.60.